The number of ether oxygens (including phenoxy) is 1. The first-order valence-electron chi connectivity index (χ1n) is 6.91. The first-order valence-corrected chi connectivity index (χ1v) is 6.91. The third-order valence-electron chi connectivity index (χ3n) is 2.87. The molecule has 0 spiro atoms. The van der Waals surface area contributed by atoms with Crippen LogP contribution in [0.25, 0.3) is 0 Å². The fraction of sp³-hybridized carbons (Fsp3) is 0.600. The van der Waals surface area contributed by atoms with Crippen LogP contribution in [-0.4, -0.2) is 45.1 Å². The predicted molar refractivity (Wildman–Crippen MR) is 81.0 cm³/mol. The van der Waals surface area contributed by atoms with E-state index in [0.717, 1.165) is 30.8 Å². The molecule has 2 N–H and O–H groups in total. The molecule has 0 aromatic heterocycles. The fourth-order valence-corrected chi connectivity index (χ4v) is 1.77. The topological polar surface area (TPSA) is 44.7 Å². The maximum Gasteiger partial charge on any atom is 0.0945 e. The fourth-order valence-electron chi connectivity index (χ4n) is 1.77. The van der Waals surface area contributed by atoms with Crippen LogP contribution in [0.5, 0.6) is 0 Å². The van der Waals surface area contributed by atoms with Gasteiger partial charge in [-0.2, -0.15) is 0 Å². The summed E-state index contributed by atoms with van der Waals surface area (Å²) in [6.07, 6.45) is 1.68. The summed E-state index contributed by atoms with van der Waals surface area (Å²) in [6, 6.07) is 8.05. The molecule has 4 nitrogen and oxygen atoms in total. The number of aliphatic hydroxyl groups is 1. The van der Waals surface area contributed by atoms with E-state index in [4.69, 9.17) is 4.74 Å². The van der Waals surface area contributed by atoms with Gasteiger partial charge in [-0.05, 0) is 18.6 Å². The Labute approximate surface area is 116 Å². The van der Waals surface area contributed by atoms with Gasteiger partial charge in [0.1, 0.15) is 0 Å². The molecule has 0 radical (unpaired) electrons. The third kappa shape index (κ3) is 5.94. The van der Waals surface area contributed by atoms with Crippen molar-refractivity contribution >= 4 is 11.4 Å². The van der Waals surface area contributed by atoms with Crippen LogP contribution in [0.1, 0.15) is 19.8 Å². The molecular formula is C15H26N2O2. The molecule has 1 rings (SSSR count). The molecule has 108 valence electrons. The average molecular weight is 266 g/mol. The summed E-state index contributed by atoms with van der Waals surface area (Å²) in [5.74, 6) is 0. The number of benzene rings is 1. The number of unbranched alkanes of at least 4 members (excludes halogenated alkanes) is 1. The average Bonchev–Trinajstić information content (AvgIpc) is 2.41. The summed E-state index contributed by atoms with van der Waals surface area (Å²) in [4.78, 5) is 2.05. The summed E-state index contributed by atoms with van der Waals surface area (Å²) < 4.78 is 5.40. The highest BCUT2D eigenvalue weighted by Crippen LogP contribution is 2.23. The lowest BCUT2D eigenvalue weighted by atomic mass is 10.2. The lowest BCUT2D eigenvalue weighted by Crippen LogP contribution is -2.25. The van der Waals surface area contributed by atoms with E-state index in [1.165, 1.54) is 0 Å². The highest BCUT2D eigenvalue weighted by molar-refractivity contribution is 5.69. The first kappa shape index (κ1) is 15.8. The SMILES string of the molecule is CCCCOCC(O)CNc1ccccc1N(C)C. The van der Waals surface area contributed by atoms with Gasteiger partial charge >= 0.3 is 0 Å². The summed E-state index contributed by atoms with van der Waals surface area (Å²) in [7, 11) is 4.01. The van der Waals surface area contributed by atoms with Crippen LogP contribution in [0.4, 0.5) is 11.4 Å². The molecule has 0 aliphatic carbocycles. The standard InChI is InChI=1S/C15H26N2O2/c1-4-5-10-19-12-13(18)11-16-14-8-6-7-9-15(14)17(2)3/h6-9,13,16,18H,4-5,10-12H2,1-3H3. The van der Waals surface area contributed by atoms with Crippen molar-refractivity contribution in [1.82, 2.24) is 0 Å². The van der Waals surface area contributed by atoms with E-state index in [9.17, 15) is 5.11 Å². The molecule has 4 heteroatoms. The van der Waals surface area contributed by atoms with Gasteiger partial charge in [-0.15, -0.1) is 0 Å². The molecule has 0 aliphatic heterocycles. The molecule has 0 saturated heterocycles. The van der Waals surface area contributed by atoms with Gasteiger partial charge in [-0.25, -0.2) is 0 Å². The van der Waals surface area contributed by atoms with E-state index in [2.05, 4.69) is 12.2 Å². The Balaban J connectivity index is 2.35. The van der Waals surface area contributed by atoms with E-state index < -0.39 is 6.10 Å². The van der Waals surface area contributed by atoms with Crippen molar-refractivity contribution in [2.45, 2.75) is 25.9 Å². The molecule has 0 bridgehead atoms. The Morgan fingerprint density at radius 2 is 2.05 bits per heavy atom. The van der Waals surface area contributed by atoms with Crippen molar-refractivity contribution in [3.05, 3.63) is 24.3 Å². The lowest BCUT2D eigenvalue weighted by molar-refractivity contribution is 0.0422. The van der Waals surface area contributed by atoms with E-state index >= 15 is 0 Å². The van der Waals surface area contributed by atoms with Crippen molar-refractivity contribution in [3.63, 3.8) is 0 Å². The number of hydrogen-bond donors (Lipinski definition) is 2. The molecule has 1 unspecified atom stereocenters. The number of para-hydroxylation sites is 2. The summed E-state index contributed by atoms with van der Waals surface area (Å²) in [5, 5.41) is 13.1. The van der Waals surface area contributed by atoms with E-state index in [1.54, 1.807) is 0 Å². The number of aliphatic hydroxyl groups excluding tert-OH is 1. The van der Waals surface area contributed by atoms with E-state index in [1.807, 2.05) is 43.3 Å². The van der Waals surface area contributed by atoms with Crippen LogP contribution in [0.2, 0.25) is 0 Å². The summed E-state index contributed by atoms with van der Waals surface area (Å²) in [5.41, 5.74) is 2.14. The zero-order valence-electron chi connectivity index (χ0n) is 12.2. The Morgan fingerprint density at radius 3 is 2.74 bits per heavy atom. The third-order valence-corrected chi connectivity index (χ3v) is 2.87. The number of hydrogen-bond acceptors (Lipinski definition) is 4. The van der Waals surface area contributed by atoms with Gasteiger partial charge < -0.3 is 20.1 Å². The van der Waals surface area contributed by atoms with Crippen molar-refractivity contribution < 1.29 is 9.84 Å². The van der Waals surface area contributed by atoms with Crippen LogP contribution in [0.15, 0.2) is 24.3 Å². The molecule has 0 fully saturated rings. The minimum absolute atomic E-state index is 0.386. The normalized spacial score (nSPS) is 12.2. The second-order valence-corrected chi connectivity index (χ2v) is 4.87. The number of nitrogens with one attached hydrogen (secondary N) is 1. The number of nitrogens with zero attached hydrogens (tertiary/aromatic N) is 1. The predicted octanol–water partition coefficient (Wildman–Crippen LogP) is 2.34. The van der Waals surface area contributed by atoms with Crippen LogP contribution >= 0.6 is 0 Å². The van der Waals surface area contributed by atoms with Gasteiger partial charge in [-0.1, -0.05) is 25.5 Å². The smallest absolute Gasteiger partial charge is 0.0945 e. The molecule has 0 heterocycles. The lowest BCUT2D eigenvalue weighted by Gasteiger charge is -2.19. The minimum atomic E-state index is -0.480. The molecule has 1 aromatic carbocycles. The summed E-state index contributed by atoms with van der Waals surface area (Å²) >= 11 is 0. The Bertz CT molecular complexity index is 356. The Hall–Kier alpha value is -1.26. The van der Waals surface area contributed by atoms with Gasteiger partial charge in [-0.3, -0.25) is 0 Å². The van der Waals surface area contributed by atoms with Crippen LogP contribution in [-0.2, 0) is 4.74 Å². The Kier molecular flexibility index (Phi) is 7.30. The maximum absolute atomic E-state index is 9.84. The van der Waals surface area contributed by atoms with E-state index in [-0.39, 0.29) is 0 Å². The second kappa shape index (κ2) is 8.77. The molecular weight excluding hydrogens is 240 g/mol. The van der Waals surface area contributed by atoms with Crippen LogP contribution in [0, 0.1) is 0 Å². The highest BCUT2D eigenvalue weighted by Gasteiger charge is 2.07. The summed E-state index contributed by atoms with van der Waals surface area (Å²) in [6.45, 7) is 3.73. The zero-order valence-corrected chi connectivity index (χ0v) is 12.2. The van der Waals surface area contributed by atoms with Crippen LogP contribution < -0.4 is 10.2 Å². The van der Waals surface area contributed by atoms with Crippen LogP contribution in [0.3, 0.4) is 0 Å². The minimum Gasteiger partial charge on any atom is -0.389 e. The first-order chi connectivity index (χ1) is 9.15. The van der Waals surface area contributed by atoms with Gasteiger partial charge in [0.05, 0.1) is 24.1 Å². The van der Waals surface area contributed by atoms with Gasteiger partial charge in [0, 0.05) is 27.2 Å². The van der Waals surface area contributed by atoms with Gasteiger partial charge in [0.2, 0.25) is 0 Å². The molecule has 1 atom stereocenters. The monoisotopic (exact) mass is 266 g/mol. The zero-order chi connectivity index (χ0) is 14.1. The highest BCUT2D eigenvalue weighted by atomic mass is 16.5. The molecule has 0 amide bonds. The quantitative estimate of drug-likeness (QED) is 0.673. The molecule has 0 saturated carbocycles. The Morgan fingerprint density at radius 1 is 1.32 bits per heavy atom. The van der Waals surface area contributed by atoms with Gasteiger partial charge in [0.15, 0.2) is 0 Å². The van der Waals surface area contributed by atoms with Crippen molar-refractivity contribution in [1.29, 1.82) is 0 Å². The van der Waals surface area contributed by atoms with E-state index in [0.29, 0.717) is 13.2 Å². The van der Waals surface area contributed by atoms with Crippen molar-refractivity contribution in [2.24, 2.45) is 0 Å². The molecule has 0 aliphatic rings. The number of anilines is 2. The molecule has 1 aromatic rings. The molecule has 19 heavy (non-hydrogen) atoms. The largest absolute Gasteiger partial charge is 0.389 e. The van der Waals surface area contributed by atoms with Crippen molar-refractivity contribution in [3.8, 4) is 0 Å². The number of rotatable bonds is 9. The van der Waals surface area contributed by atoms with Gasteiger partial charge in [0.25, 0.3) is 0 Å². The maximum atomic E-state index is 9.84. The van der Waals surface area contributed by atoms with Crippen molar-refractivity contribution in [2.75, 3.05) is 44.1 Å². The second-order valence-electron chi connectivity index (χ2n) is 4.87.